The molecule has 2 aromatic rings. The van der Waals surface area contributed by atoms with Gasteiger partial charge in [-0.2, -0.15) is 0 Å². The van der Waals surface area contributed by atoms with Crippen molar-refractivity contribution in [2.45, 2.75) is 24.2 Å². The van der Waals surface area contributed by atoms with Crippen molar-refractivity contribution in [2.75, 3.05) is 0 Å². The van der Waals surface area contributed by atoms with E-state index >= 15 is 0 Å². The van der Waals surface area contributed by atoms with Crippen LogP contribution < -0.4 is 0 Å². The highest BCUT2D eigenvalue weighted by molar-refractivity contribution is 7.98. The van der Waals surface area contributed by atoms with Crippen LogP contribution in [0.5, 0.6) is 0 Å². The number of hydrogen-bond acceptors (Lipinski definition) is 3. The van der Waals surface area contributed by atoms with E-state index in [1.807, 2.05) is 36.4 Å². The fourth-order valence-corrected chi connectivity index (χ4v) is 2.67. The van der Waals surface area contributed by atoms with Crippen molar-refractivity contribution in [3.63, 3.8) is 0 Å². The lowest BCUT2D eigenvalue weighted by Crippen LogP contribution is -1.99. The minimum absolute atomic E-state index is 0.103. The Morgan fingerprint density at radius 3 is 2.60 bits per heavy atom. The molecule has 0 aliphatic carbocycles. The lowest BCUT2D eigenvalue weighted by atomic mass is 10.2. The molecule has 0 aliphatic rings. The third-order valence-corrected chi connectivity index (χ3v) is 3.67. The summed E-state index contributed by atoms with van der Waals surface area (Å²) in [4.78, 5) is 11.6. The smallest absolute Gasteiger partial charge is 0.302 e. The zero-order chi connectivity index (χ0) is 14.4. The van der Waals surface area contributed by atoms with Gasteiger partial charge in [-0.15, -0.1) is 11.8 Å². The van der Waals surface area contributed by atoms with E-state index in [1.54, 1.807) is 11.8 Å². The standard InChI is InChI=1S/C16H15FO2S/c1-12(18)19-10-14-7-15(17)9-16(8-14)20-11-13-5-3-2-4-6-13/h2-9H,10-11H2,1H3. The normalized spacial score (nSPS) is 10.3. The summed E-state index contributed by atoms with van der Waals surface area (Å²) in [6, 6.07) is 14.7. The Morgan fingerprint density at radius 2 is 1.90 bits per heavy atom. The maximum absolute atomic E-state index is 13.5. The van der Waals surface area contributed by atoms with Crippen LogP contribution in [0, 0.1) is 5.82 Å². The third kappa shape index (κ3) is 4.70. The highest BCUT2D eigenvalue weighted by Gasteiger charge is 2.04. The second-order valence-corrected chi connectivity index (χ2v) is 5.40. The van der Waals surface area contributed by atoms with E-state index in [9.17, 15) is 9.18 Å². The van der Waals surface area contributed by atoms with Gasteiger partial charge in [0.05, 0.1) is 0 Å². The van der Waals surface area contributed by atoms with E-state index < -0.39 is 0 Å². The number of thioether (sulfide) groups is 1. The van der Waals surface area contributed by atoms with Crippen molar-refractivity contribution in [2.24, 2.45) is 0 Å². The van der Waals surface area contributed by atoms with Crippen molar-refractivity contribution >= 4 is 17.7 Å². The van der Waals surface area contributed by atoms with E-state index in [2.05, 4.69) is 0 Å². The molecule has 0 unspecified atom stereocenters. The molecule has 0 saturated carbocycles. The molecule has 0 radical (unpaired) electrons. The van der Waals surface area contributed by atoms with Gasteiger partial charge in [0.1, 0.15) is 12.4 Å². The first-order valence-electron chi connectivity index (χ1n) is 6.23. The average molecular weight is 290 g/mol. The van der Waals surface area contributed by atoms with Gasteiger partial charge in [0.25, 0.3) is 0 Å². The van der Waals surface area contributed by atoms with Crippen LogP contribution >= 0.6 is 11.8 Å². The fourth-order valence-electron chi connectivity index (χ4n) is 1.71. The van der Waals surface area contributed by atoms with Gasteiger partial charge < -0.3 is 4.74 Å². The Balaban J connectivity index is 2.02. The summed E-state index contributed by atoms with van der Waals surface area (Å²) in [7, 11) is 0. The maximum Gasteiger partial charge on any atom is 0.302 e. The molecule has 0 fully saturated rings. The molecule has 2 aromatic carbocycles. The van der Waals surface area contributed by atoms with Gasteiger partial charge in [-0.1, -0.05) is 30.3 Å². The molecule has 0 aromatic heterocycles. The van der Waals surface area contributed by atoms with Crippen LogP contribution in [-0.4, -0.2) is 5.97 Å². The molecule has 0 atom stereocenters. The van der Waals surface area contributed by atoms with E-state index in [4.69, 9.17) is 4.74 Å². The molecule has 2 nitrogen and oxygen atoms in total. The average Bonchev–Trinajstić information content (AvgIpc) is 2.44. The quantitative estimate of drug-likeness (QED) is 0.610. The van der Waals surface area contributed by atoms with Crippen LogP contribution in [0.1, 0.15) is 18.1 Å². The third-order valence-electron chi connectivity index (χ3n) is 2.62. The number of hydrogen-bond donors (Lipinski definition) is 0. The van der Waals surface area contributed by atoms with Crippen molar-refractivity contribution in [3.8, 4) is 0 Å². The molecule has 2 rings (SSSR count). The number of esters is 1. The molecule has 0 amide bonds. The van der Waals surface area contributed by atoms with Crippen molar-refractivity contribution in [1.29, 1.82) is 0 Å². The lowest BCUT2D eigenvalue weighted by Gasteiger charge is -2.06. The SMILES string of the molecule is CC(=O)OCc1cc(F)cc(SCc2ccccc2)c1. The number of benzene rings is 2. The van der Waals surface area contributed by atoms with E-state index in [0.717, 1.165) is 10.6 Å². The van der Waals surface area contributed by atoms with Crippen LogP contribution in [0.25, 0.3) is 0 Å². The number of rotatable bonds is 5. The number of carbonyl (C=O) groups is 1. The fraction of sp³-hybridized carbons (Fsp3) is 0.188. The summed E-state index contributed by atoms with van der Waals surface area (Å²) in [6.07, 6.45) is 0. The minimum Gasteiger partial charge on any atom is -0.461 e. The monoisotopic (exact) mass is 290 g/mol. The summed E-state index contributed by atoms with van der Waals surface area (Å²) >= 11 is 1.56. The second kappa shape index (κ2) is 7.10. The summed E-state index contributed by atoms with van der Waals surface area (Å²) < 4.78 is 18.4. The Hall–Kier alpha value is -1.81. The van der Waals surface area contributed by atoms with Crippen molar-refractivity contribution < 1.29 is 13.9 Å². The highest BCUT2D eigenvalue weighted by atomic mass is 32.2. The lowest BCUT2D eigenvalue weighted by molar-refractivity contribution is -0.142. The molecule has 0 bridgehead atoms. The van der Waals surface area contributed by atoms with Crippen LogP contribution in [0.3, 0.4) is 0 Å². The summed E-state index contributed by atoms with van der Waals surface area (Å²) in [5.74, 6) is 0.0927. The second-order valence-electron chi connectivity index (χ2n) is 4.35. The number of ether oxygens (including phenoxy) is 1. The zero-order valence-electron chi connectivity index (χ0n) is 11.1. The van der Waals surface area contributed by atoms with E-state index in [-0.39, 0.29) is 18.4 Å². The molecule has 0 aliphatic heterocycles. The Kier molecular flexibility index (Phi) is 5.18. The van der Waals surface area contributed by atoms with Crippen LogP contribution in [0.2, 0.25) is 0 Å². The molecule has 0 N–H and O–H groups in total. The molecule has 0 saturated heterocycles. The van der Waals surface area contributed by atoms with Gasteiger partial charge in [-0.05, 0) is 29.3 Å². The highest BCUT2D eigenvalue weighted by Crippen LogP contribution is 2.25. The zero-order valence-corrected chi connectivity index (χ0v) is 12.0. The molecule has 104 valence electrons. The maximum atomic E-state index is 13.5. The summed E-state index contributed by atoms with van der Waals surface area (Å²) in [5.41, 5.74) is 1.85. The first-order valence-corrected chi connectivity index (χ1v) is 7.21. The Bertz CT molecular complexity index is 584. The minimum atomic E-state index is -0.368. The topological polar surface area (TPSA) is 26.3 Å². The van der Waals surface area contributed by atoms with E-state index in [0.29, 0.717) is 5.56 Å². The first kappa shape index (κ1) is 14.6. The van der Waals surface area contributed by atoms with E-state index in [1.165, 1.54) is 24.6 Å². The number of carbonyl (C=O) groups excluding carboxylic acids is 1. The van der Waals surface area contributed by atoms with Crippen LogP contribution in [0.15, 0.2) is 53.4 Å². The molecular formula is C16H15FO2S. The predicted octanol–water partition coefficient (Wildman–Crippen LogP) is 4.18. The van der Waals surface area contributed by atoms with Crippen molar-refractivity contribution in [3.05, 3.63) is 65.5 Å². The Morgan fingerprint density at radius 1 is 1.15 bits per heavy atom. The van der Waals surface area contributed by atoms with Crippen LogP contribution in [-0.2, 0) is 21.9 Å². The van der Waals surface area contributed by atoms with Crippen molar-refractivity contribution in [1.82, 2.24) is 0 Å². The van der Waals surface area contributed by atoms with Crippen LogP contribution in [0.4, 0.5) is 4.39 Å². The summed E-state index contributed by atoms with van der Waals surface area (Å²) in [6.45, 7) is 1.44. The van der Waals surface area contributed by atoms with Gasteiger partial charge in [0.2, 0.25) is 0 Å². The molecule has 20 heavy (non-hydrogen) atoms. The predicted molar refractivity (Wildman–Crippen MR) is 77.9 cm³/mol. The molecule has 0 spiro atoms. The summed E-state index contributed by atoms with van der Waals surface area (Å²) in [5, 5.41) is 0. The Labute approximate surface area is 122 Å². The van der Waals surface area contributed by atoms with Gasteiger partial charge in [0, 0.05) is 17.6 Å². The van der Waals surface area contributed by atoms with Gasteiger partial charge >= 0.3 is 5.97 Å². The van der Waals surface area contributed by atoms with Gasteiger partial charge in [-0.25, -0.2) is 4.39 Å². The van der Waals surface area contributed by atoms with Gasteiger partial charge in [0.15, 0.2) is 0 Å². The first-order chi connectivity index (χ1) is 9.63. The molecule has 0 heterocycles. The van der Waals surface area contributed by atoms with Gasteiger partial charge in [-0.3, -0.25) is 4.79 Å². The number of halogens is 1. The molecule has 4 heteroatoms. The molecular weight excluding hydrogens is 275 g/mol. The largest absolute Gasteiger partial charge is 0.461 e.